The van der Waals surface area contributed by atoms with Crippen LogP contribution in [0.1, 0.15) is 13.3 Å². The van der Waals surface area contributed by atoms with Crippen molar-refractivity contribution in [3.8, 4) is 0 Å². The molecule has 0 aromatic rings. The molecule has 4 heteroatoms. The zero-order valence-electron chi connectivity index (χ0n) is 6.12. The highest BCUT2D eigenvalue weighted by Gasteiger charge is 2.15. The van der Waals surface area contributed by atoms with E-state index in [-0.39, 0.29) is 6.16 Å². The van der Waals surface area contributed by atoms with Gasteiger partial charge in [-0.25, -0.2) is 0 Å². The first-order valence-corrected chi connectivity index (χ1v) is 4.96. The fourth-order valence-corrected chi connectivity index (χ4v) is 1.35. The number of allylic oxidation sites excluding steroid dienone is 1. The predicted octanol–water partition coefficient (Wildman–Crippen LogP) is 1.78. The standard InChI is InChI=1S/C6H13O3P/c1-3-5-9-10(7,8)6-4-2/h4H,2-3,5-6H2,1H3,(H,7,8). The molecule has 0 aromatic carbocycles. The van der Waals surface area contributed by atoms with Gasteiger partial charge in [0.1, 0.15) is 0 Å². The summed E-state index contributed by atoms with van der Waals surface area (Å²) in [5, 5.41) is 0. The molecular formula is C6H13O3P. The van der Waals surface area contributed by atoms with E-state index < -0.39 is 7.60 Å². The van der Waals surface area contributed by atoms with Gasteiger partial charge >= 0.3 is 7.60 Å². The van der Waals surface area contributed by atoms with Crippen molar-refractivity contribution < 1.29 is 14.0 Å². The molecule has 10 heavy (non-hydrogen) atoms. The fraction of sp³-hybridized carbons (Fsp3) is 0.667. The van der Waals surface area contributed by atoms with Crippen molar-refractivity contribution in [2.75, 3.05) is 12.8 Å². The lowest BCUT2D eigenvalue weighted by atomic mass is 10.5. The molecule has 0 spiro atoms. The van der Waals surface area contributed by atoms with Gasteiger partial charge in [-0.1, -0.05) is 13.0 Å². The van der Waals surface area contributed by atoms with E-state index >= 15 is 0 Å². The molecule has 3 nitrogen and oxygen atoms in total. The summed E-state index contributed by atoms with van der Waals surface area (Å²) in [4.78, 5) is 8.91. The molecule has 0 rings (SSSR count). The minimum absolute atomic E-state index is 0.0347. The molecule has 0 saturated heterocycles. The first-order valence-electron chi connectivity index (χ1n) is 3.19. The third-order valence-corrected chi connectivity index (χ3v) is 2.16. The van der Waals surface area contributed by atoms with E-state index in [2.05, 4.69) is 11.1 Å². The Hall–Kier alpha value is -0.110. The van der Waals surface area contributed by atoms with Gasteiger partial charge in [-0.15, -0.1) is 6.58 Å². The van der Waals surface area contributed by atoms with Gasteiger partial charge in [-0.05, 0) is 6.42 Å². The second-order valence-electron chi connectivity index (χ2n) is 1.94. The predicted molar refractivity (Wildman–Crippen MR) is 41.1 cm³/mol. The summed E-state index contributed by atoms with van der Waals surface area (Å²) in [6, 6.07) is 0. The summed E-state index contributed by atoms with van der Waals surface area (Å²) in [6.45, 7) is 5.56. The van der Waals surface area contributed by atoms with Crippen LogP contribution in [0.3, 0.4) is 0 Å². The van der Waals surface area contributed by atoms with E-state index in [4.69, 9.17) is 4.89 Å². The SMILES string of the molecule is C=CCP(=O)(O)OCCC. The van der Waals surface area contributed by atoms with E-state index in [1.54, 1.807) is 0 Å². The minimum atomic E-state index is -3.33. The van der Waals surface area contributed by atoms with Gasteiger partial charge in [-0.3, -0.25) is 4.57 Å². The Morgan fingerprint density at radius 3 is 2.80 bits per heavy atom. The van der Waals surface area contributed by atoms with Gasteiger partial charge in [0.15, 0.2) is 0 Å². The lowest BCUT2D eigenvalue weighted by molar-refractivity contribution is 0.262. The Balaban J connectivity index is 3.63. The first-order chi connectivity index (χ1) is 4.62. The highest BCUT2D eigenvalue weighted by molar-refractivity contribution is 7.53. The molecule has 1 atom stereocenters. The van der Waals surface area contributed by atoms with Crippen LogP contribution in [0.5, 0.6) is 0 Å². The minimum Gasteiger partial charge on any atom is -0.324 e. The maximum absolute atomic E-state index is 10.8. The van der Waals surface area contributed by atoms with Crippen LogP contribution >= 0.6 is 7.60 Å². The quantitative estimate of drug-likeness (QED) is 0.497. The van der Waals surface area contributed by atoms with Gasteiger partial charge in [0.05, 0.1) is 12.8 Å². The lowest BCUT2D eigenvalue weighted by Gasteiger charge is -2.07. The third-order valence-electron chi connectivity index (χ3n) is 0.857. The number of rotatable bonds is 5. The van der Waals surface area contributed by atoms with Crippen molar-refractivity contribution in [3.05, 3.63) is 12.7 Å². The highest BCUT2D eigenvalue weighted by Crippen LogP contribution is 2.41. The molecule has 0 bridgehead atoms. The van der Waals surface area contributed by atoms with Crippen molar-refractivity contribution >= 4 is 7.60 Å². The molecule has 0 aliphatic rings. The number of hydrogen-bond acceptors (Lipinski definition) is 2. The average molecular weight is 164 g/mol. The van der Waals surface area contributed by atoms with Crippen LogP contribution in [0, 0.1) is 0 Å². The summed E-state index contributed by atoms with van der Waals surface area (Å²) in [5.74, 6) is 0. The summed E-state index contributed by atoms with van der Waals surface area (Å²) < 4.78 is 15.5. The molecule has 0 radical (unpaired) electrons. The molecule has 0 aromatic heterocycles. The van der Waals surface area contributed by atoms with Crippen molar-refractivity contribution in [1.29, 1.82) is 0 Å². The zero-order chi connectivity index (χ0) is 8.04. The van der Waals surface area contributed by atoms with Crippen molar-refractivity contribution in [1.82, 2.24) is 0 Å². The third kappa shape index (κ3) is 4.74. The van der Waals surface area contributed by atoms with Crippen LogP contribution in [0.25, 0.3) is 0 Å². The van der Waals surface area contributed by atoms with E-state index in [9.17, 15) is 4.57 Å². The molecule has 0 saturated carbocycles. The zero-order valence-corrected chi connectivity index (χ0v) is 7.01. The van der Waals surface area contributed by atoms with Crippen LogP contribution in [0.4, 0.5) is 0 Å². The van der Waals surface area contributed by atoms with Crippen LogP contribution in [0.15, 0.2) is 12.7 Å². The van der Waals surface area contributed by atoms with E-state index in [1.807, 2.05) is 6.92 Å². The van der Waals surface area contributed by atoms with Crippen molar-refractivity contribution in [3.63, 3.8) is 0 Å². The summed E-state index contributed by atoms with van der Waals surface area (Å²) >= 11 is 0. The van der Waals surface area contributed by atoms with E-state index in [0.29, 0.717) is 6.61 Å². The first kappa shape index (κ1) is 9.89. The Labute approximate surface area is 61.2 Å². The maximum atomic E-state index is 10.8. The lowest BCUT2D eigenvalue weighted by Crippen LogP contribution is -1.93. The molecule has 0 aliphatic heterocycles. The van der Waals surface area contributed by atoms with Crippen molar-refractivity contribution in [2.24, 2.45) is 0 Å². The normalized spacial score (nSPS) is 16.2. The van der Waals surface area contributed by atoms with Gasteiger partial charge in [0, 0.05) is 0 Å². The highest BCUT2D eigenvalue weighted by atomic mass is 31.2. The molecule has 0 aliphatic carbocycles. The van der Waals surface area contributed by atoms with Gasteiger partial charge in [-0.2, -0.15) is 0 Å². The van der Waals surface area contributed by atoms with Crippen LogP contribution in [-0.2, 0) is 9.09 Å². The maximum Gasteiger partial charge on any atom is 0.331 e. The molecule has 1 N–H and O–H groups in total. The Kier molecular flexibility index (Phi) is 4.62. The Morgan fingerprint density at radius 2 is 2.40 bits per heavy atom. The molecule has 0 amide bonds. The molecule has 1 unspecified atom stereocenters. The second-order valence-corrected chi connectivity index (χ2v) is 3.84. The Bertz CT molecular complexity index is 144. The molecular weight excluding hydrogens is 151 g/mol. The van der Waals surface area contributed by atoms with Crippen LogP contribution in [-0.4, -0.2) is 17.7 Å². The summed E-state index contributed by atoms with van der Waals surface area (Å²) in [6.07, 6.45) is 2.17. The second kappa shape index (κ2) is 4.67. The van der Waals surface area contributed by atoms with Gasteiger partial charge in [0.25, 0.3) is 0 Å². The largest absolute Gasteiger partial charge is 0.331 e. The monoisotopic (exact) mass is 164 g/mol. The fourth-order valence-electron chi connectivity index (χ4n) is 0.450. The van der Waals surface area contributed by atoms with Crippen LogP contribution < -0.4 is 0 Å². The molecule has 0 heterocycles. The van der Waals surface area contributed by atoms with Crippen LogP contribution in [0.2, 0.25) is 0 Å². The average Bonchev–Trinajstić information content (AvgIpc) is 1.84. The van der Waals surface area contributed by atoms with E-state index in [1.165, 1.54) is 6.08 Å². The number of hydrogen-bond donors (Lipinski definition) is 1. The smallest absolute Gasteiger partial charge is 0.324 e. The topological polar surface area (TPSA) is 46.5 Å². The van der Waals surface area contributed by atoms with Crippen molar-refractivity contribution in [2.45, 2.75) is 13.3 Å². The van der Waals surface area contributed by atoms with Gasteiger partial charge < -0.3 is 9.42 Å². The summed E-state index contributed by atoms with van der Waals surface area (Å²) in [7, 11) is -3.33. The Morgan fingerprint density at radius 1 is 1.80 bits per heavy atom. The van der Waals surface area contributed by atoms with Gasteiger partial charge in [0.2, 0.25) is 0 Å². The molecule has 0 fully saturated rings. The summed E-state index contributed by atoms with van der Waals surface area (Å²) in [5.41, 5.74) is 0. The van der Waals surface area contributed by atoms with E-state index in [0.717, 1.165) is 6.42 Å². The molecule has 60 valence electrons.